The Labute approximate surface area is 130 Å². The van der Waals surface area contributed by atoms with Gasteiger partial charge in [-0.3, -0.25) is 4.68 Å². The zero-order chi connectivity index (χ0) is 14.8. The normalized spacial score (nSPS) is 11.8. The van der Waals surface area contributed by atoms with Gasteiger partial charge in [0.2, 0.25) is 0 Å². The molecule has 0 aliphatic heterocycles. The van der Waals surface area contributed by atoms with Crippen molar-refractivity contribution < 1.29 is 4.74 Å². The van der Waals surface area contributed by atoms with Crippen molar-refractivity contribution >= 4 is 22.0 Å². The average Bonchev–Trinajstić information content (AvgIpc) is 2.76. The van der Waals surface area contributed by atoms with Crippen LogP contribution in [0.2, 0.25) is 0 Å². The highest BCUT2D eigenvalue weighted by atomic mass is 79.9. The van der Waals surface area contributed by atoms with Gasteiger partial charge in [-0.15, -0.1) is 0 Å². The Bertz CT molecular complexity index is 404. The molecule has 0 aliphatic rings. The summed E-state index contributed by atoms with van der Waals surface area (Å²) in [5.74, 6) is 0. The summed E-state index contributed by atoms with van der Waals surface area (Å²) in [6.07, 6.45) is 7.15. The number of nitrogens with zero attached hydrogens (tertiary/aromatic N) is 3. The SMILES string of the molecule is COCCNCC/C=C/c1c(Br)cnn1CCN(C)C. The number of methoxy groups -OCH3 is 1. The molecule has 0 radical (unpaired) electrons. The van der Waals surface area contributed by atoms with Crippen LogP contribution < -0.4 is 5.32 Å². The van der Waals surface area contributed by atoms with Crippen LogP contribution >= 0.6 is 15.9 Å². The predicted molar refractivity (Wildman–Crippen MR) is 86.9 cm³/mol. The van der Waals surface area contributed by atoms with Gasteiger partial charge >= 0.3 is 0 Å². The van der Waals surface area contributed by atoms with E-state index < -0.39 is 0 Å². The maximum absolute atomic E-state index is 4.98. The third-order valence-electron chi connectivity index (χ3n) is 2.84. The second-order valence-electron chi connectivity index (χ2n) is 4.84. The summed E-state index contributed by atoms with van der Waals surface area (Å²) >= 11 is 3.55. The summed E-state index contributed by atoms with van der Waals surface area (Å²) in [6, 6.07) is 0. The highest BCUT2D eigenvalue weighted by molar-refractivity contribution is 9.10. The number of ether oxygens (including phenoxy) is 1. The molecular formula is C14H25BrN4O. The van der Waals surface area contributed by atoms with Gasteiger partial charge in [-0.1, -0.05) is 6.08 Å². The Hall–Kier alpha value is -0.690. The predicted octanol–water partition coefficient (Wildman–Crippen LogP) is 1.85. The fraction of sp³-hybridized carbons (Fsp3) is 0.643. The lowest BCUT2D eigenvalue weighted by Gasteiger charge is -2.10. The van der Waals surface area contributed by atoms with Crippen molar-refractivity contribution in [2.75, 3.05) is 47.4 Å². The molecule has 0 fully saturated rings. The van der Waals surface area contributed by atoms with Crippen molar-refractivity contribution in [2.45, 2.75) is 13.0 Å². The molecule has 1 aromatic heterocycles. The standard InChI is InChI=1S/C14H25BrN4O/c1-18(2)9-10-19-14(13(15)12-17-19)6-4-5-7-16-8-11-20-3/h4,6,12,16H,5,7-11H2,1-3H3/b6-4+. The Morgan fingerprint density at radius 2 is 2.25 bits per heavy atom. The smallest absolute Gasteiger partial charge is 0.0749 e. The zero-order valence-electron chi connectivity index (χ0n) is 12.6. The first-order valence-electron chi connectivity index (χ1n) is 6.87. The van der Waals surface area contributed by atoms with E-state index in [0.717, 1.165) is 49.4 Å². The van der Waals surface area contributed by atoms with E-state index in [9.17, 15) is 0 Å². The van der Waals surface area contributed by atoms with E-state index in [1.807, 2.05) is 10.9 Å². The van der Waals surface area contributed by atoms with Crippen molar-refractivity contribution in [3.63, 3.8) is 0 Å². The Kier molecular flexibility index (Phi) is 8.77. The number of halogens is 1. The van der Waals surface area contributed by atoms with Crippen molar-refractivity contribution in [3.05, 3.63) is 22.4 Å². The van der Waals surface area contributed by atoms with Gasteiger partial charge in [-0.25, -0.2) is 0 Å². The van der Waals surface area contributed by atoms with E-state index in [-0.39, 0.29) is 0 Å². The average molecular weight is 345 g/mol. The Balaban J connectivity index is 2.39. The lowest BCUT2D eigenvalue weighted by molar-refractivity contribution is 0.199. The van der Waals surface area contributed by atoms with Crippen LogP contribution in [0.5, 0.6) is 0 Å². The Morgan fingerprint density at radius 1 is 1.45 bits per heavy atom. The topological polar surface area (TPSA) is 42.3 Å². The molecule has 1 rings (SSSR count). The Morgan fingerprint density at radius 3 is 2.95 bits per heavy atom. The van der Waals surface area contributed by atoms with Crippen LogP contribution in [0, 0.1) is 0 Å². The van der Waals surface area contributed by atoms with Crippen LogP contribution in [0.15, 0.2) is 16.7 Å². The van der Waals surface area contributed by atoms with Gasteiger partial charge in [0.1, 0.15) is 0 Å². The van der Waals surface area contributed by atoms with Gasteiger partial charge in [0, 0.05) is 20.2 Å². The number of hydrogen-bond donors (Lipinski definition) is 1. The fourth-order valence-corrected chi connectivity index (χ4v) is 2.12. The number of aromatic nitrogens is 2. The number of nitrogens with one attached hydrogen (secondary N) is 1. The molecular weight excluding hydrogens is 320 g/mol. The van der Waals surface area contributed by atoms with E-state index in [1.54, 1.807) is 7.11 Å². The van der Waals surface area contributed by atoms with Crippen LogP contribution in [0.25, 0.3) is 6.08 Å². The lowest BCUT2D eigenvalue weighted by atomic mass is 10.3. The van der Waals surface area contributed by atoms with Crippen molar-refractivity contribution in [1.82, 2.24) is 20.0 Å². The van der Waals surface area contributed by atoms with Crippen LogP contribution in [0.1, 0.15) is 12.1 Å². The third-order valence-corrected chi connectivity index (χ3v) is 3.45. The molecule has 0 spiro atoms. The van der Waals surface area contributed by atoms with Gasteiger partial charge in [0.15, 0.2) is 0 Å². The molecule has 20 heavy (non-hydrogen) atoms. The molecule has 0 bridgehead atoms. The first-order valence-corrected chi connectivity index (χ1v) is 7.66. The molecule has 1 N–H and O–H groups in total. The minimum Gasteiger partial charge on any atom is -0.383 e. The highest BCUT2D eigenvalue weighted by Gasteiger charge is 2.05. The van der Waals surface area contributed by atoms with Crippen LogP contribution in [-0.4, -0.2) is 62.1 Å². The summed E-state index contributed by atoms with van der Waals surface area (Å²) in [5, 5.41) is 7.71. The van der Waals surface area contributed by atoms with Gasteiger partial charge < -0.3 is 15.0 Å². The summed E-state index contributed by atoms with van der Waals surface area (Å²) in [4.78, 5) is 2.16. The largest absolute Gasteiger partial charge is 0.383 e. The van der Waals surface area contributed by atoms with Crippen molar-refractivity contribution in [2.24, 2.45) is 0 Å². The first kappa shape index (κ1) is 17.4. The van der Waals surface area contributed by atoms with E-state index in [2.05, 4.69) is 57.5 Å². The van der Waals surface area contributed by atoms with Crippen molar-refractivity contribution in [1.29, 1.82) is 0 Å². The minimum absolute atomic E-state index is 0.757. The molecule has 114 valence electrons. The van der Waals surface area contributed by atoms with E-state index in [4.69, 9.17) is 4.74 Å². The molecule has 1 aromatic rings. The third kappa shape index (κ3) is 6.65. The van der Waals surface area contributed by atoms with E-state index >= 15 is 0 Å². The molecule has 0 amide bonds. The van der Waals surface area contributed by atoms with Crippen LogP contribution in [-0.2, 0) is 11.3 Å². The lowest BCUT2D eigenvalue weighted by Crippen LogP contribution is -2.20. The minimum atomic E-state index is 0.757. The van der Waals surface area contributed by atoms with Gasteiger partial charge in [0.25, 0.3) is 0 Å². The fourth-order valence-electron chi connectivity index (χ4n) is 1.69. The van der Waals surface area contributed by atoms with Gasteiger partial charge in [-0.05, 0) is 49.1 Å². The monoisotopic (exact) mass is 344 g/mol. The summed E-state index contributed by atoms with van der Waals surface area (Å²) in [5.41, 5.74) is 1.13. The number of hydrogen-bond acceptors (Lipinski definition) is 4. The molecule has 6 heteroatoms. The molecule has 0 saturated heterocycles. The zero-order valence-corrected chi connectivity index (χ0v) is 14.2. The summed E-state index contributed by atoms with van der Waals surface area (Å²) in [6.45, 7) is 4.49. The molecule has 0 aliphatic carbocycles. The van der Waals surface area contributed by atoms with E-state index in [1.165, 1.54) is 0 Å². The molecule has 0 unspecified atom stereocenters. The molecule has 0 aromatic carbocycles. The second kappa shape index (κ2) is 10.1. The van der Waals surface area contributed by atoms with E-state index in [0.29, 0.717) is 0 Å². The summed E-state index contributed by atoms with van der Waals surface area (Å²) in [7, 11) is 5.85. The van der Waals surface area contributed by atoms with Crippen LogP contribution in [0.3, 0.4) is 0 Å². The summed E-state index contributed by atoms with van der Waals surface area (Å²) < 4.78 is 8.05. The quantitative estimate of drug-likeness (QED) is 0.657. The number of rotatable bonds is 10. The molecule has 5 nitrogen and oxygen atoms in total. The maximum Gasteiger partial charge on any atom is 0.0749 e. The van der Waals surface area contributed by atoms with Crippen molar-refractivity contribution in [3.8, 4) is 0 Å². The highest BCUT2D eigenvalue weighted by Crippen LogP contribution is 2.17. The maximum atomic E-state index is 4.98. The molecule has 1 heterocycles. The first-order chi connectivity index (χ1) is 9.65. The number of likely N-dealkylation sites (N-methyl/N-ethyl adjacent to an activating group) is 1. The van der Waals surface area contributed by atoms with Crippen LogP contribution in [0.4, 0.5) is 0 Å². The molecule has 0 saturated carbocycles. The molecule has 0 atom stereocenters. The second-order valence-corrected chi connectivity index (χ2v) is 5.69. The van der Waals surface area contributed by atoms with Gasteiger partial charge in [-0.2, -0.15) is 5.10 Å². The van der Waals surface area contributed by atoms with Gasteiger partial charge in [0.05, 0.1) is 29.5 Å².